The van der Waals surface area contributed by atoms with Crippen LogP contribution in [0.4, 0.5) is 4.39 Å². The van der Waals surface area contributed by atoms with Gasteiger partial charge in [0, 0.05) is 17.1 Å². The summed E-state index contributed by atoms with van der Waals surface area (Å²) >= 11 is 1.49. The average Bonchev–Trinajstić information content (AvgIpc) is 2.32. The molecule has 1 aromatic carbocycles. The van der Waals surface area contributed by atoms with Gasteiger partial charge < -0.3 is 5.73 Å². The van der Waals surface area contributed by atoms with Crippen molar-refractivity contribution in [2.45, 2.75) is 22.9 Å². The number of rotatable bonds is 3. The van der Waals surface area contributed by atoms with Gasteiger partial charge in [0.15, 0.2) is 0 Å². The molecule has 2 rings (SSSR count). The number of hydrogen-bond donors (Lipinski definition) is 1. The van der Waals surface area contributed by atoms with Crippen molar-refractivity contribution < 1.29 is 4.39 Å². The molecule has 1 heterocycles. The number of pyridine rings is 1. The zero-order valence-electron chi connectivity index (χ0n) is 9.43. The molecule has 0 radical (unpaired) electrons. The van der Waals surface area contributed by atoms with Gasteiger partial charge in [0.1, 0.15) is 10.8 Å². The number of nitrogens with zero attached hydrogens (tertiary/aromatic N) is 1. The monoisotopic (exact) mass is 248 g/mol. The van der Waals surface area contributed by atoms with Gasteiger partial charge in [0.25, 0.3) is 0 Å². The molecular weight excluding hydrogens is 235 g/mol. The van der Waals surface area contributed by atoms with Crippen molar-refractivity contribution in [3.63, 3.8) is 0 Å². The maximum absolute atomic E-state index is 12.8. The Bertz CT molecular complexity index is 497. The quantitative estimate of drug-likeness (QED) is 0.905. The van der Waals surface area contributed by atoms with Crippen molar-refractivity contribution in [2.24, 2.45) is 5.73 Å². The number of hydrogen-bond acceptors (Lipinski definition) is 3. The minimum atomic E-state index is -0.230. The Morgan fingerprint density at radius 1 is 1.24 bits per heavy atom. The molecular formula is C13H13FN2S. The SMILES string of the molecule is CC(N)c1ccnc(Sc2ccc(F)cc2)c1. The highest BCUT2D eigenvalue weighted by atomic mass is 32.2. The van der Waals surface area contributed by atoms with Crippen molar-refractivity contribution >= 4 is 11.8 Å². The lowest BCUT2D eigenvalue weighted by Crippen LogP contribution is -2.04. The van der Waals surface area contributed by atoms with Crippen LogP contribution in [0.1, 0.15) is 18.5 Å². The predicted molar refractivity (Wildman–Crippen MR) is 67.4 cm³/mol. The normalized spacial score (nSPS) is 12.4. The number of benzene rings is 1. The third-order valence-corrected chi connectivity index (χ3v) is 3.26. The van der Waals surface area contributed by atoms with E-state index in [2.05, 4.69) is 4.98 Å². The molecule has 0 fully saturated rings. The summed E-state index contributed by atoms with van der Waals surface area (Å²) in [6.07, 6.45) is 1.74. The Labute approximate surface area is 104 Å². The topological polar surface area (TPSA) is 38.9 Å². The van der Waals surface area contributed by atoms with Crippen molar-refractivity contribution in [1.29, 1.82) is 0 Å². The van der Waals surface area contributed by atoms with Crippen molar-refractivity contribution in [2.75, 3.05) is 0 Å². The molecule has 0 amide bonds. The summed E-state index contributed by atoms with van der Waals surface area (Å²) in [6, 6.07) is 10.2. The molecule has 4 heteroatoms. The maximum atomic E-state index is 12.8. The van der Waals surface area contributed by atoms with E-state index in [-0.39, 0.29) is 11.9 Å². The first kappa shape index (κ1) is 12.1. The van der Waals surface area contributed by atoms with E-state index >= 15 is 0 Å². The second kappa shape index (κ2) is 5.29. The standard InChI is InChI=1S/C13H13FN2S/c1-9(15)10-6-7-16-13(8-10)17-12-4-2-11(14)3-5-12/h2-9H,15H2,1H3. The molecule has 0 aliphatic rings. The fourth-order valence-corrected chi connectivity index (χ4v) is 2.21. The highest BCUT2D eigenvalue weighted by Crippen LogP contribution is 2.27. The van der Waals surface area contributed by atoms with E-state index < -0.39 is 0 Å². The van der Waals surface area contributed by atoms with E-state index in [9.17, 15) is 4.39 Å². The molecule has 0 aliphatic carbocycles. The van der Waals surface area contributed by atoms with Gasteiger partial charge in [-0.25, -0.2) is 9.37 Å². The lowest BCUT2D eigenvalue weighted by molar-refractivity contribution is 0.626. The Hall–Kier alpha value is -1.39. The molecule has 2 nitrogen and oxygen atoms in total. The summed E-state index contributed by atoms with van der Waals surface area (Å²) in [7, 11) is 0. The minimum Gasteiger partial charge on any atom is -0.324 e. The van der Waals surface area contributed by atoms with Gasteiger partial charge >= 0.3 is 0 Å². The highest BCUT2D eigenvalue weighted by Gasteiger charge is 2.03. The lowest BCUT2D eigenvalue weighted by atomic mass is 10.1. The maximum Gasteiger partial charge on any atom is 0.123 e. The van der Waals surface area contributed by atoms with E-state index in [1.807, 2.05) is 19.1 Å². The lowest BCUT2D eigenvalue weighted by Gasteiger charge is -2.07. The van der Waals surface area contributed by atoms with Crippen molar-refractivity contribution in [3.8, 4) is 0 Å². The van der Waals surface area contributed by atoms with E-state index in [1.165, 1.54) is 23.9 Å². The van der Waals surface area contributed by atoms with Gasteiger partial charge in [-0.05, 0) is 48.9 Å². The first-order chi connectivity index (χ1) is 8.15. The third kappa shape index (κ3) is 3.28. The van der Waals surface area contributed by atoms with Crippen molar-refractivity contribution in [1.82, 2.24) is 4.98 Å². The summed E-state index contributed by atoms with van der Waals surface area (Å²) in [6.45, 7) is 1.93. The zero-order valence-corrected chi connectivity index (χ0v) is 10.2. The van der Waals surface area contributed by atoms with Crippen LogP contribution in [0.5, 0.6) is 0 Å². The fourth-order valence-electron chi connectivity index (χ4n) is 1.39. The van der Waals surface area contributed by atoms with Gasteiger partial charge in [0.05, 0.1) is 0 Å². The molecule has 88 valence electrons. The van der Waals surface area contributed by atoms with Crippen LogP contribution >= 0.6 is 11.8 Å². The number of halogens is 1. The summed E-state index contributed by atoms with van der Waals surface area (Å²) in [4.78, 5) is 5.21. The van der Waals surface area contributed by atoms with Crippen LogP contribution in [0.15, 0.2) is 52.5 Å². The zero-order chi connectivity index (χ0) is 12.3. The number of aromatic nitrogens is 1. The van der Waals surface area contributed by atoms with Crippen LogP contribution in [0.25, 0.3) is 0 Å². The first-order valence-corrected chi connectivity index (χ1v) is 6.12. The van der Waals surface area contributed by atoms with E-state index in [0.29, 0.717) is 0 Å². The second-order valence-corrected chi connectivity index (χ2v) is 4.87. The Balaban J connectivity index is 2.18. The molecule has 2 N–H and O–H groups in total. The van der Waals surface area contributed by atoms with Gasteiger partial charge in [-0.3, -0.25) is 0 Å². The highest BCUT2D eigenvalue weighted by molar-refractivity contribution is 7.99. The Morgan fingerprint density at radius 2 is 1.94 bits per heavy atom. The molecule has 1 aromatic heterocycles. The summed E-state index contributed by atoms with van der Waals surface area (Å²) < 4.78 is 12.8. The van der Waals surface area contributed by atoms with Crippen LogP contribution in [-0.4, -0.2) is 4.98 Å². The van der Waals surface area contributed by atoms with Crippen LogP contribution in [0.2, 0.25) is 0 Å². The van der Waals surface area contributed by atoms with Crippen LogP contribution < -0.4 is 5.73 Å². The summed E-state index contributed by atoms with van der Waals surface area (Å²) in [5, 5.41) is 0.867. The van der Waals surface area contributed by atoms with E-state index in [0.717, 1.165) is 15.5 Å². The average molecular weight is 248 g/mol. The van der Waals surface area contributed by atoms with Gasteiger partial charge in [0.2, 0.25) is 0 Å². The number of nitrogens with two attached hydrogens (primary N) is 1. The molecule has 1 unspecified atom stereocenters. The molecule has 0 spiro atoms. The van der Waals surface area contributed by atoms with Gasteiger partial charge in [-0.1, -0.05) is 11.8 Å². The molecule has 2 aromatic rings. The minimum absolute atomic E-state index is 0.00873. The van der Waals surface area contributed by atoms with Gasteiger partial charge in [-0.2, -0.15) is 0 Å². The summed E-state index contributed by atoms with van der Waals surface area (Å²) in [5.74, 6) is -0.230. The largest absolute Gasteiger partial charge is 0.324 e. The van der Waals surface area contributed by atoms with E-state index in [1.54, 1.807) is 18.3 Å². The Kier molecular flexibility index (Phi) is 3.76. The van der Waals surface area contributed by atoms with E-state index in [4.69, 9.17) is 5.73 Å². The third-order valence-electron chi connectivity index (χ3n) is 2.32. The summed E-state index contributed by atoms with van der Waals surface area (Å²) in [5.41, 5.74) is 6.86. The second-order valence-electron chi connectivity index (χ2n) is 3.77. The molecule has 1 atom stereocenters. The first-order valence-electron chi connectivity index (χ1n) is 5.30. The smallest absolute Gasteiger partial charge is 0.123 e. The fraction of sp³-hybridized carbons (Fsp3) is 0.154. The molecule has 17 heavy (non-hydrogen) atoms. The van der Waals surface area contributed by atoms with Gasteiger partial charge in [-0.15, -0.1) is 0 Å². The van der Waals surface area contributed by atoms with Crippen LogP contribution in [0, 0.1) is 5.82 Å². The predicted octanol–water partition coefficient (Wildman–Crippen LogP) is 3.39. The van der Waals surface area contributed by atoms with Crippen LogP contribution in [-0.2, 0) is 0 Å². The van der Waals surface area contributed by atoms with Crippen molar-refractivity contribution in [3.05, 3.63) is 54.0 Å². The Morgan fingerprint density at radius 3 is 2.59 bits per heavy atom. The molecule has 0 saturated carbocycles. The molecule has 0 bridgehead atoms. The molecule has 0 aliphatic heterocycles. The van der Waals surface area contributed by atoms with Crippen LogP contribution in [0.3, 0.4) is 0 Å². The molecule has 0 saturated heterocycles.